The SMILES string of the molecule is Cc1cc(NC(=O)C(C)SCC(=O)Nc2cc(-c3nnc4n3CCCCC4)ccc2F)no1. The Morgan fingerprint density at radius 3 is 2.85 bits per heavy atom. The monoisotopic (exact) mass is 472 g/mol. The summed E-state index contributed by atoms with van der Waals surface area (Å²) >= 11 is 1.14. The van der Waals surface area contributed by atoms with Gasteiger partial charge in [-0.05, 0) is 44.9 Å². The van der Waals surface area contributed by atoms with Crippen LogP contribution in [0.15, 0.2) is 28.8 Å². The van der Waals surface area contributed by atoms with E-state index in [1.54, 1.807) is 32.0 Å². The molecule has 1 aliphatic rings. The number of benzene rings is 1. The maximum atomic E-state index is 14.4. The van der Waals surface area contributed by atoms with E-state index in [1.807, 2.05) is 0 Å². The van der Waals surface area contributed by atoms with Crippen molar-refractivity contribution in [2.24, 2.45) is 0 Å². The average Bonchev–Trinajstić information content (AvgIpc) is 3.31. The normalized spacial score (nSPS) is 14.3. The Hall–Kier alpha value is -3.21. The molecule has 0 bridgehead atoms. The Kier molecular flexibility index (Phi) is 7.07. The predicted octanol–water partition coefficient (Wildman–Crippen LogP) is 3.81. The third kappa shape index (κ3) is 5.59. The standard InChI is InChI=1S/C22H25FN6O3S/c1-13-10-18(28-32-13)25-22(31)14(2)33-12-20(30)24-17-11-15(7-8-16(17)23)21-27-26-19-6-4-3-5-9-29(19)21/h7-8,10-11,14H,3-6,9,12H2,1-2H3,(H,24,30)(H,25,28,31). The highest BCUT2D eigenvalue weighted by Crippen LogP contribution is 2.27. The lowest BCUT2D eigenvalue weighted by Crippen LogP contribution is -2.25. The van der Waals surface area contributed by atoms with Crippen LogP contribution in [0.2, 0.25) is 0 Å². The van der Waals surface area contributed by atoms with Crippen LogP contribution in [0, 0.1) is 12.7 Å². The van der Waals surface area contributed by atoms with E-state index >= 15 is 0 Å². The van der Waals surface area contributed by atoms with Crippen LogP contribution in [0.5, 0.6) is 0 Å². The minimum absolute atomic E-state index is 0.0174. The minimum Gasteiger partial charge on any atom is -0.360 e. The van der Waals surface area contributed by atoms with Gasteiger partial charge in [0, 0.05) is 24.6 Å². The number of nitrogens with zero attached hydrogens (tertiary/aromatic N) is 4. The number of amides is 2. The third-order valence-corrected chi connectivity index (χ3v) is 6.46. The molecule has 1 aromatic carbocycles. The molecule has 2 aromatic heterocycles. The number of aryl methyl sites for hydroxylation is 2. The second kappa shape index (κ2) is 10.2. The van der Waals surface area contributed by atoms with Crippen molar-refractivity contribution in [3.63, 3.8) is 0 Å². The third-order valence-electron chi connectivity index (χ3n) is 5.32. The van der Waals surface area contributed by atoms with Gasteiger partial charge in [0.25, 0.3) is 0 Å². The number of carbonyl (C=O) groups is 2. The number of thioether (sulfide) groups is 1. The second-order valence-electron chi connectivity index (χ2n) is 7.91. The summed E-state index contributed by atoms with van der Waals surface area (Å²) in [6, 6.07) is 6.13. The highest BCUT2D eigenvalue weighted by atomic mass is 32.2. The first-order valence-electron chi connectivity index (χ1n) is 10.8. The second-order valence-corrected chi connectivity index (χ2v) is 9.24. The highest BCUT2D eigenvalue weighted by Gasteiger charge is 2.19. The Bertz CT molecular complexity index is 1160. The molecule has 2 amide bonds. The van der Waals surface area contributed by atoms with Crippen molar-refractivity contribution in [3.05, 3.63) is 41.7 Å². The first-order valence-corrected chi connectivity index (χ1v) is 11.8. The summed E-state index contributed by atoms with van der Waals surface area (Å²) in [4.78, 5) is 24.7. The lowest BCUT2D eigenvalue weighted by Gasteiger charge is -2.12. The van der Waals surface area contributed by atoms with E-state index in [1.165, 1.54) is 6.07 Å². The average molecular weight is 473 g/mol. The fourth-order valence-electron chi connectivity index (χ4n) is 3.57. The van der Waals surface area contributed by atoms with Crippen molar-refractivity contribution in [1.29, 1.82) is 0 Å². The van der Waals surface area contributed by atoms with Gasteiger partial charge in [-0.25, -0.2) is 4.39 Å². The Balaban J connectivity index is 1.37. The number of carbonyl (C=O) groups excluding carboxylic acids is 2. The summed E-state index contributed by atoms with van der Waals surface area (Å²) < 4.78 is 21.4. The number of fused-ring (bicyclic) bond motifs is 1. The van der Waals surface area contributed by atoms with Crippen LogP contribution in [0.1, 0.15) is 37.8 Å². The molecule has 0 saturated heterocycles. The van der Waals surface area contributed by atoms with Crippen LogP contribution in [0.3, 0.4) is 0 Å². The van der Waals surface area contributed by atoms with Crippen molar-refractivity contribution in [3.8, 4) is 11.4 Å². The van der Waals surface area contributed by atoms with E-state index in [0.717, 1.165) is 49.8 Å². The lowest BCUT2D eigenvalue weighted by atomic mass is 10.1. The molecule has 1 aliphatic heterocycles. The van der Waals surface area contributed by atoms with Crippen LogP contribution in [-0.4, -0.2) is 42.7 Å². The number of anilines is 2. The smallest absolute Gasteiger partial charge is 0.238 e. The van der Waals surface area contributed by atoms with Gasteiger partial charge in [0.05, 0.1) is 16.7 Å². The summed E-state index contributed by atoms with van der Waals surface area (Å²) in [7, 11) is 0. The molecule has 0 saturated carbocycles. The van der Waals surface area contributed by atoms with Crippen LogP contribution in [0.25, 0.3) is 11.4 Å². The molecule has 33 heavy (non-hydrogen) atoms. The van der Waals surface area contributed by atoms with Crippen molar-refractivity contribution < 1.29 is 18.5 Å². The van der Waals surface area contributed by atoms with Gasteiger partial charge in [-0.2, -0.15) is 0 Å². The molecular weight excluding hydrogens is 447 g/mol. The van der Waals surface area contributed by atoms with E-state index in [-0.39, 0.29) is 17.3 Å². The van der Waals surface area contributed by atoms with E-state index < -0.39 is 17.0 Å². The number of halogens is 1. The van der Waals surface area contributed by atoms with Crippen molar-refractivity contribution in [1.82, 2.24) is 19.9 Å². The van der Waals surface area contributed by atoms with Crippen molar-refractivity contribution in [2.45, 2.75) is 51.3 Å². The van der Waals surface area contributed by atoms with E-state index in [2.05, 4.69) is 30.6 Å². The summed E-state index contributed by atoms with van der Waals surface area (Å²) in [5.74, 6) is 1.23. The molecule has 174 valence electrons. The molecule has 1 unspecified atom stereocenters. The molecule has 11 heteroatoms. The van der Waals surface area contributed by atoms with Gasteiger partial charge in [0.15, 0.2) is 11.6 Å². The maximum Gasteiger partial charge on any atom is 0.238 e. The Labute approximate surface area is 194 Å². The lowest BCUT2D eigenvalue weighted by molar-refractivity contribution is -0.115. The summed E-state index contributed by atoms with van der Waals surface area (Å²) in [6.45, 7) is 4.22. The fraction of sp³-hybridized carbons (Fsp3) is 0.409. The molecule has 3 aromatic rings. The fourth-order valence-corrected chi connectivity index (χ4v) is 4.26. The molecule has 4 rings (SSSR count). The van der Waals surface area contributed by atoms with Crippen LogP contribution < -0.4 is 10.6 Å². The minimum atomic E-state index is -0.542. The number of hydrogen-bond donors (Lipinski definition) is 2. The predicted molar refractivity (Wildman–Crippen MR) is 123 cm³/mol. The van der Waals surface area contributed by atoms with Crippen molar-refractivity contribution in [2.75, 3.05) is 16.4 Å². The molecular formula is C22H25FN6O3S. The van der Waals surface area contributed by atoms with Gasteiger partial charge < -0.3 is 19.7 Å². The maximum absolute atomic E-state index is 14.4. The number of nitrogens with one attached hydrogen (secondary N) is 2. The summed E-state index contributed by atoms with van der Waals surface area (Å²) in [6.07, 6.45) is 4.13. The summed E-state index contributed by atoms with van der Waals surface area (Å²) in [5, 5.41) is 17.0. The topological polar surface area (TPSA) is 115 Å². The van der Waals surface area contributed by atoms with E-state index in [9.17, 15) is 14.0 Å². The van der Waals surface area contributed by atoms with Gasteiger partial charge in [0.1, 0.15) is 17.4 Å². The Morgan fingerprint density at radius 2 is 2.06 bits per heavy atom. The molecule has 1 atom stereocenters. The van der Waals surface area contributed by atoms with Gasteiger partial charge >= 0.3 is 0 Å². The quantitative estimate of drug-likeness (QED) is 0.537. The zero-order chi connectivity index (χ0) is 23.4. The zero-order valence-corrected chi connectivity index (χ0v) is 19.2. The number of aromatic nitrogens is 4. The molecule has 0 fully saturated rings. The summed E-state index contributed by atoms with van der Waals surface area (Å²) in [5.41, 5.74) is 0.759. The zero-order valence-electron chi connectivity index (χ0n) is 18.4. The van der Waals surface area contributed by atoms with Crippen LogP contribution in [-0.2, 0) is 22.6 Å². The molecule has 9 nitrogen and oxygen atoms in total. The molecule has 0 radical (unpaired) electrons. The van der Waals surface area contributed by atoms with Gasteiger partial charge in [-0.3, -0.25) is 9.59 Å². The van der Waals surface area contributed by atoms with Crippen LogP contribution in [0.4, 0.5) is 15.9 Å². The largest absolute Gasteiger partial charge is 0.360 e. The van der Waals surface area contributed by atoms with Crippen LogP contribution >= 0.6 is 11.8 Å². The van der Waals surface area contributed by atoms with E-state index in [4.69, 9.17) is 4.52 Å². The number of rotatable bonds is 7. The highest BCUT2D eigenvalue weighted by molar-refractivity contribution is 8.01. The van der Waals surface area contributed by atoms with Gasteiger partial charge in [-0.15, -0.1) is 22.0 Å². The molecule has 2 N–H and O–H groups in total. The van der Waals surface area contributed by atoms with E-state index in [0.29, 0.717) is 23.0 Å². The van der Waals surface area contributed by atoms with Gasteiger partial charge in [0.2, 0.25) is 11.8 Å². The first-order chi connectivity index (χ1) is 15.9. The first kappa shape index (κ1) is 23.0. The van der Waals surface area contributed by atoms with Gasteiger partial charge in [-0.1, -0.05) is 11.6 Å². The Morgan fingerprint density at radius 1 is 1.21 bits per heavy atom. The molecule has 3 heterocycles. The molecule has 0 aliphatic carbocycles. The number of hydrogen-bond acceptors (Lipinski definition) is 7. The molecule has 0 spiro atoms. The van der Waals surface area contributed by atoms with Crippen molar-refractivity contribution >= 4 is 35.1 Å².